The average Bonchev–Trinajstić information content (AvgIpc) is 3.11. The van der Waals surface area contributed by atoms with Gasteiger partial charge >= 0.3 is 11.9 Å². The number of aliphatic carboxylic acids is 1. The third-order valence-corrected chi connectivity index (χ3v) is 5.93. The molecule has 22 heavy (non-hydrogen) atoms. The summed E-state index contributed by atoms with van der Waals surface area (Å²) in [6.07, 6.45) is 2.31. The van der Waals surface area contributed by atoms with Crippen molar-refractivity contribution in [3.8, 4) is 0 Å². The van der Waals surface area contributed by atoms with Crippen LogP contribution in [0.1, 0.15) is 29.6 Å². The van der Waals surface area contributed by atoms with Gasteiger partial charge in [0.1, 0.15) is 12.0 Å². The van der Waals surface area contributed by atoms with Crippen molar-refractivity contribution in [1.29, 1.82) is 0 Å². The number of carbonyl (C=O) groups is 2. The van der Waals surface area contributed by atoms with E-state index in [9.17, 15) is 14.7 Å². The zero-order valence-electron chi connectivity index (χ0n) is 12.4. The van der Waals surface area contributed by atoms with Crippen molar-refractivity contribution in [3.63, 3.8) is 0 Å². The van der Waals surface area contributed by atoms with E-state index < -0.39 is 24.0 Å². The molecule has 1 aliphatic heterocycles. The van der Waals surface area contributed by atoms with E-state index in [1.807, 2.05) is 13.1 Å². The number of likely N-dealkylation sites (tertiary alicyclic amines) is 1. The van der Waals surface area contributed by atoms with Gasteiger partial charge < -0.3 is 9.84 Å². The van der Waals surface area contributed by atoms with E-state index in [-0.39, 0.29) is 11.6 Å². The second-order valence-electron chi connectivity index (χ2n) is 6.69. The lowest BCUT2D eigenvalue weighted by Gasteiger charge is -2.44. The van der Waals surface area contributed by atoms with E-state index in [1.165, 1.54) is 0 Å². The van der Waals surface area contributed by atoms with Crippen LogP contribution in [0.15, 0.2) is 30.3 Å². The van der Waals surface area contributed by atoms with E-state index in [4.69, 9.17) is 4.74 Å². The predicted molar refractivity (Wildman–Crippen MR) is 78.4 cm³/mol. The quantitative estimate of drug-likeness (QED) is 0.681. The molecule has 2 aliphatic carbocycles. The topological polar surface area (TPSA) is 66.6 Å². The van der Waals surface area contributed by atoms with Crippen LogP contribution in [0.4, 0.5) is 0 Å². The predicted octanol–water partition coefficient (Wildman–Crippen LogP) is 1.78. The molecule has 1 N–H and O–H groups in total. The van der Waals surface area contributed by atoms with Crippen molar-refractivity contribution < 1.29 is 19.4 Å². The zero-order chi connectivity index (χ0) is 15.5. The molecule has 0 bridgehead atoms. The molecule has 5 heteroatoms. The Morgan fingerprint density at radius 1 is 1.32 bits per heavy atom. The number of rotatable bonds is 3. The molecule has 5 nitrogen and oxygen atoms in total. The normalized spacial score (nSPS) is 41.6. The summed E-state index contributed by atoms with van der Waals surface area (Å²) in [7, 11) is 1.99. The minimum absolute atomic E-state index is 0.0195. The van der Waals surface area contributed by atoms with Crippen LogP contribution in [0.25, 0.3) is 0 Å². The number of ether oxygens (including phenoxy) is 1. The maximum atomic E-state index is 12.3. The smallest absolute Gasteiger partial charge is 0.338 e. The lowest BCUT2D eigenvalue weighted by Crippen LogP contribution is -2.52. The van der Waals surface area contributed by atoms with Gasteiger partial charge in [-0.15, -0.1) is 0 Å². The highest BCUT2D eigenvalue weighted by Gasteiger charge is 2.76. The summed E-state index contributed by atoms with van der Waals surface area (Å²) < 4.78 is 5.60. The van der Waals surface area contributed by atoms with E-state index in [0.29, 0.717) is 17.9 Å². The number of hydrogen-bond acceptors (Lipinski definition) is 4. The Bertz CT molecular complexity index is 631. The molecule has 1 aromatic rings. The van der Waals surface area contributed by atoms with Crippen LogP contribution in [0.2, 0.25) is 0 Å². The van der Waals surface area contributed by atoms with Crippen LogP contribution < -0.4 is 0 Å². The van der Waals surface area contributed by atoms with Crippen LogP contribution in [0.3, 0.4) is 0 Å². The van der Waals surface area contributed by atoms with Crippen LogP contribution in [0.5, 0.6) is 0 Å². The van der Waals surface area contributed by atoms with Crippen molar-refractivity contribution >= 4 is 11.9 Å². The average molecular weight is 301 g/mol. The first kappa shape index (κ1) is 13.8. The van der Waals surface area contributed by atoms with Crippen molar-refractivity contribution in [3.05, 3.63) is 35.9 Å². The number of likely N-dealkylation sites (N-methyl/N-ethyl adjacent to an activating group) is 1. The second kappa shape index (κ2) is 4.56. The van der Waals surface area contributed by atoms with Crippen molar-refractivity contribution in [2.24, 2.45) is 11.8 Å². The molecular weight excluding hydrogens is 282 g/mol. The largest absolute Gasteiger partial charge is 0.481 e. The van der Waals surface area contributed by atoms with Crippen LogP contribution in [-0.2, 0) is 9.53 Å². The van der Waals surface area contributed by atoms with Gasteiger partial charge in [0.05, 0.1) is 5.56 Å². The number of carboxylic acid groups (broad SMARTS) is 1. The van der Waals surface area contributed by atoms with Gasteiger partial charge in [0.2, 0.25) is 0 Å². The number of carboxylic acids is 1. The fourth-order valence-electron chi connectivity index (χ4n) is 4.72. The minimum atomic E-state index is -0.857. The first-order valence-electron chi connectivity index (χ1n) is 7.77. The molecule has 0 aromatic heterocycles. The molecule has 4 rings (SSSR count). The summed E-state index contributed by atoms with van der Waals surface area (Å²) in [6.45, 7) is 0. The van der Waals surface area contributed by atoms with Crippen LogP contribution in [-0.4, -0.2) is 46.7 Å². The standard InChI is InChI=1S/C17H19NO4/c1-18-14-13(15(19)20)12(9-11-7-8-17(11,14)18)22-16(21)10-5-3-2-4-6-10/h2-6,11-14H,7-9H2,1H3,(H,19,20)/t11?,12?,13?,14?,17?,18-/m0/s1. The maximum Gasteiger partial charge on any atom is 0.338 e. The van der Waals surface area contributed by atoms with Crippen LogP contribution in [0, 0.1) is 11.8 Å². The summed E-state index contributed by atoms with van der Waals surface area (Å²) in [4.78, 5) is 26.2. The lowest BCUT2D eigenvalue weighted by atomic mass is 9.61. The summed E-state index contributed by atoms with van der Waals surface area (Å²) in [6, 6.07) is 8.79. The van der Waals surface area contributed by atoms with E-state index in [0.717, 1.165) is 12.8 Å². The summed E-state index contributed by atoms with van der Waals surface area (Å²) in [5, 5.41) is 9.61. The second-order valence-corrected chi connectivity index (χ2v) is 6.69. The van der Waals surface area contributed by atoms with E-state index in [2.05, 4.69) is 4.90 Å². The Kier molecular flexibility index (Phi) is 2.85. The number of nitrogens with zero attached hydrogens (tertiary/aromatic N) is 1. The van der Waals surface area contributed by atoms with Crippen molar-refractivity contribution in [1.82, 2.24) is 4.90 Å². The molecule has 2 saturated carbocycles. The molecule has 1 saturated heterocycles. The maximum absolute atomic E-state index is 12.3. The van der Waals surface area contributed by atoms with Gasteiger partial charge in [0.25, 0.3) is 0 Å². The molecule has 5 unspecified atom stereocenters. The summed E-state index contributed by atoms with van der Waals surface area (Å²) >= 11 is 0. The highest BCUT2D eigenvalue weighted by atomic mass is 16.5. The molecule has 3 fully saturated rings. The minimum Gasteiger partial charge on any atom is -0.481 e. The third kappa shape index (κ3) is 1.69. The number of benzene rings is 1. The lowest BCUT2D eigenvalue weighted by molar-refractivity contribution is -0.148. The molecule has 1 heterocycles. The third-order valence-electron chi connectivity index (χ3n) is 5.93. The fraction of sp³-hybridized carbons (Fsp3) is 0.529. The first-order chi connectivity index (χ1) is 10.6. The van der Waals surface area contributed by atoms with Crippen molar-refractivity contribution in [2.45, 2.75) is 36.9 Å². The Morgan fingerprint density at radius 3 is 2.64 bits per heavy atom. The van der Waals surface area contributed by atoms with E-state index in [1.54, 1.807) is 24.3 Å². The first-order valence-corrected chi connectivity index (χ1v) is 7.77. The Balaban J connectivity index is 1.56. The highest BCUT2D eigenvalue weighted by Crippen LogP contribution is 2.65. The summed E-state index contributed by atoms with van der Waals surface area (Å²) in [5.41, 5.74) is 0.555. The molecule has 0 radical (unpaired) electrons. The van der Waals surface area contributed by atoms with Crippen LogP contribution >= 0.6 is 0 Å². The van der Waals surface area contributed by atoms with Gasteiger partial charge in [0, 0.05) is 11.6 Å². The molecule has 1 aromatic carbocycles. The Morgan fingerprint density at radius 2 is 2.05 bits per heavy atom. The molecule has 3 aliphatic rings. The van der Waals surface area contributed by atoms with Gasteiger partial charge in [0.15, 0.2) is 0 Å². The Hall–Kier alpha value is -1.88. The number of esters is 1. The van der Waals surface area contributed by atoms with Gasteiger partial charge in [-0.05, 0) is 44.4 Å². The molecule has 1 spiro atoms. The number of carbonyl (C=O) groups excluding carboxylic acids is 1. The number of hydrogen-bond donors (Lipinski definition) is 1. The molecule has 6 atom stereocenters. The Labute approximate surface area is 128 Å². The van der Waals surface area contributed by atoms with Gasteiger partial charge in [-0.1, -0.05) is 18.2 Å². The van der Waals surface area contributed by atoms with Gasteiger partial charge in [-0.3, -0.25) is 9.69 Å². The van der Waals surface area contributed by atoms with Gasteiger partial charge in [-0.2, -0.15) is 0 Å². The monoisotopic (exact) mass is 301 g/mol. The van der Waals surface area contributed by atoms with Crippen molar-refractivity contribution in [2.75, 3.05) is 7.05 Å². The molecular formula is C17H19NO4. The highest BCUT2D eigenvalue weighted by molar-refractivity contribution is 5.89. The summed E-state index contributed by atoms with van der Waals surface area (Å²) in [5.74, 6) is -1.43. The van der Waals surface area contributed by atoms with Gasteiger partial charge in [-0.25, -0.2) is 4.79 Å². The van der Waals surface area contributed by atoms with E-state index >= 15 is 0 Å². The molecule has 116 valence electrons. The fourth-order valence-corrected chi connectivity index (χ4v) is 4.72. The zero-order valence-corrected chi connectivity index (χ0v) is 12.4. The molecule has 0 amide bonds. The SMILES string of the molecule is C[N@@]1C2C(C(=O)O)C(OC(=O)c3ccccc3)CC3CCC321.